The van der Waals surface area contributed by atoms with Crippen LogP contribution in [0.1, 0.15) is 35.2 Å². The molecule has 0 radical (unpaired) electrons. The Morgan fingerprint density at radius 3 is 2.55 bits per heavy atom. The number of benzene rings is 1. The molecule has 2 N–H and O–H groups in total. The number of hydrogen-bond acceptors (Lipinski definition) is 7. The van der Waals surface area contributed by atoms with Gasteiger partial charge in [0.1, 0.15) is 5.82 Å². The van der Waals surface area contributed by atoms with Crippen LogP contribution in [0.25, 0.3) is 0 Å². The van der Waals surface area contributed by atoms with Gasteiger partial charge in [0.15, 0.2) is 5.78 Å². The van der Waals surface area contributed by atoms with Crippen molar-refractivity contribution in [3.63, 3.8) is 0 Å². The Kier molecular flexibility index (Phi) is 8.41. The second kappa shape index (κ2) is 12.1. The number of amides is 2. The van der Waals surface area contributed by atoms with Crippen LogP contribution in [0.15, 0.2) is 48.8 Å². The Hall–Kier alpha value is -3.21. The third kappa shape index (κ3) is 6.43. The van der Waals surface area contributed by atoms with Crippen molar-refractivity contribution in [2.24, 2.45) is 11.8 Å². The number of carbonyl (C=O) groups excluding carboxylic acids is 3. The third-order valence-corrected chi connectivity index (χ3v) is 7.75. The lowest BCUT2D eigenvalue weighted by Crippen LogP contribution is -2.66. The highest BCUT2D eigenvalue weighted by atomic mass is 19.1. The highest BCUT2D eigenvalue weighted by molar-refractivity contribution is 5.97. The molecule has 2 aromatic rings. The van der Waals surface area contributed by atoms with Gasteiger partial charge in [-0.25, -0.2) is 4.39 Å². The fraction of sp³-hybridized carbons (Fsp3) is 0.500. The van der Waals surface area contributed by atoms with E-state index in [9.17, 15) is 18.8 Å². The summed E-state index contributed by atoms with van der Waals surface area (Å²) < 4.78 is 18.7. The molecule has 0 aliphatic carbocycles. The van der Waals surface area contributed by atoms with Gasteiger partial charge >= 0.3 is 0 Å². The van der Waals surface area contributed by atoms with E-state index in [1.54, 1.807) is 17.3 Å². The molecular formula is C28H34FN5O4. The molecule has 5 rings (SSSR count). The molecule has 4 heterocycles. The van der Waals surface area contributed by atoms with E-state index in [-0.39, 0.29) is 54.0 Å². The summed E-state index contributed by atoms with van der Waals surface area (Å²) in [6.07, 6.45) is 5.13. The first-order chi connectivity index (χ1) is 18.5. The van der Waals surface area contributed by atoms with Gasteiger partial charge in [-0.05, 0) is 74.3 Å². The van der Waals surface area contributed by atoms with Gasteiger partial charge in [0.05, 0.1) is 31.8 Å². The molecule has 202 valence electrons. The van der Waals surface area contributed by atoms with Crippen molar-refractivity contribution in [3.05, 3.63) is 65.7 Å². The average molecular weight is 524 g/mol. The normalized spacial score (nSPS) is 24.3. The van der Waals surface area contributed by atoms with E-state index >= 15 is 0 Å². The van der Waals surface area contributed by atoms with Crippen LogP contribution in [-0.2, 0) is 20.9 Å². The maximum Gasteiger partial charge on any atom is 0.237 e. The second-order valence-corrected chi connectivity index (χ2v) is 10.4. The summed E-state index contributed by atoms with van der Waals surface area (Å²) in [5, 5.41) is 6.52. The molecule has 1 aromatic carbocycles. The molecule has 3 unspecified atom stereocenters. The van der Waals surface area contributed by atoms with Crippen LogP contribution in [0.2, 0.25) is 0 Å². The van der Waals surface area contributed by atoms with Crippen molar-refractivity contribution in [3.8, 4) is 0 Å². The molecule has 0 saturated carbocycles. The number of hydrogen-bond donors (Lipinski definition) is 2. The Morgan fingerprint density at radius 1 is 1.08 bits per heavy atom. The number of fused-ring (bicyclic) bond motifs is 1. The van der Waals surface area contributed by atoms with Gasteiger partial charge in [0, 0.05) is 43.1 Å². The lowest BCUT2D eigenvalue weighted by Gasteiger charge is -2.41. The summed E-state index contributed by atoms with van der Waals surface area (Å²) in [6, 6.07) is 9.49. The van der Waals surface area contributed by atoms with Gasteiger partial charge in [-0.3, -0.25) is 29.6 Å². The van der Waals surface area contributed by atoms with Crippen LogP contribution in [0, 0.1) is 17.7 Å². The number of piperidine rings is 1. The number of ketones is 1. The zero-order valence-corrected chi connectivity index (χ0v) is 21.4. The summed E-state index contributed by atoms with van der Waals surface area (Å²) in [4.78, 5) is 47.0. The van der Waals surface area contributed by atoms with Crippen molar-refractivity contribution < 1.29 is 23.5 Å². The van der Waals surface area contributed by atoms with Gasteiger partial charge < -0.3 is 15.0 Å². The largest absolute Gasteiger partial charge is 0.381 e. The van der Waals surface area contributed by atoms with Crippen LogP contribution in [0.5, 0.6) is 0 Å². The predicted octanol–water partition coefficient (Wildman–Crippen LogP) is 1.59. The fourth-order valence-electron chi connectivity index (χ4n) is 5.55. The number of nitrogens with zero attached hydrogens (tertiary/aromatic N) is 3. The highest BCUT2D eigenvalue weighted by Crippen LogP contribution is 2.23. The van der Waals surface area contributed by atoms with Crippen molar-refractivity contribution in [1.82, 2.24) is 25.4 Å². The molecule has 3 aliphatic heterocycles. The number of aromatic nitrogens is 1. The maximum atomic E-state index is 13.5. The molecule has 3 aliphatic rings. The minimum absolute atomic E-state index is 0.0285. The van der Waals surface area contributed by atoms with Gasteiger partial charge in [0.25, 0.3) is 0 Å². The molecule has 3 atom stereocenters. The number of rotatable bonds is 8. The summed E-state index contributed by atoms with van der Waals surface area (Å²) >= 11 is 0. The number of ether oxygens (including phenoxy) is 1. The molecular weight excluding hydrogens is 489 g/mol. The summed E-state index contributed by atoms with van der Waals surface area (Å²) in [7, 11) is 0. The van der Waals surface area contributed by atoms with Crippen LogP contribution < -0.4 is 10.6 Å². The molecule has 10 heteroatoms. The van der Waals surface area contributed by atoms with E-state index in [0.717, 1.165) is 12.0 Å². The van der Waals surface area contributed by atoms with E-state index < -0.39 is 0 Å². The quantitative estimate of drug-likeness (QED) is 0.507. The first-order valence-electron chi connectivity index (χ1n) is 13.3. The third-order valence-electron chi connectivity index (χ3n) is 7.75. The van der Waals surface area contributed by atoms with E-state index in [4.69, 9.17) is 4.74 Å². The summed E-state index contributed by atoms with van der Waals surface area (Å²) in [5.41, 5.74) is 1.49. The van der Waals surface area contributed by atoms with Gasteiger partial charge in [0.2, 0.25) is 11.8 Å². The Morgan fingerprint density at radius 2 is 1.82 bits per heavy atom. The molecule has 38 heavy (non-hydrogen) atoms. The Bertz CT molecular complexity index is 1120. The second-order valence-electron chi connectivity index (χ2n) is 10.4. The monoisotopic (exact) mass is 523 g/mol. The fourth-order valence-corrected chi connectivity index (χ4v) is 5.55. The van der Waals surface area contributed by atoms with E-state index in [0.29, 0.717) is 57.8 Å². The van der Waals surface area contributed by atoms with Crippen LogP contribution in [-0.4, -0.2) is 84.0 Å². The number of halogens is 1. The molecule has 0 bridgehead atoms. The highest BCUT2D eigenvalue weighted by Gasteiger charge is 2.39. The van der Waals surface area contributed by atoms with Gasteiger partial charge in [-0.15, -0.1) is 0 Å². The first kappa shape index (κ1) is 26.4. The number of nitrogens with one attached hydrogen (secondary N) is 2. The minimum atomic E-state index is -0.359. The molecule has 3 saturated heterocycles. The number of Topliss-reactive ketones (excluding diaryl/α,β-unsaturated/α-hetero) is 1. The van der Waals surface area contributed by atoms with Gasteiger partial charge in [-0.2, -0.15) is 0 Å². The minimum Gasteiger partial charge on any atom is -0.381 e. The number of pyridine rings is 1. The topological polar surface area (TPSA) is 104 Å². The Labute approximate surface area is 221 Å². The lowest BCUT2D eigenvalue weighted by atomic mass is 9.89. The van der Waals surface area contributed by atoms with Crippen molar-refractivity contribution in [1.29, 1.82) is 0 Å². The van der Waals surface area contributed by atoms with Crippen LogP contribution in [0.4, 0.5) is 4.39 Å². The predicted molar refractivity (Wildman–Crippen MR) is 137 cm³/mol. The number of carbonyl (C=O) groups is 3. The molecule has 9 nitrogen and oxygen atoms in total. The van der Waals surface area contributed by atoms with Crippen LogP contribution >= 0.6 is 0 Å². The average Bonchev–Trinajstić information content (AvgIpc) is 2.94. The zero-order chi connectivity index (χ0) is 26.5. The van der Waals surface area contributed by atoms with E-state index in [1.807, 2.05) is 12.1 Å². The summed E-state index contributed by atoms with van der Waals surface area (Å²) in [6.45, 7) is 3.29. The standard InChI is InChI=1S/C28H34FN5O4/c29-22-3-1-20(2-4-22)27(36)21-7-12-33(13-8-21)17-26(35)34(15-19-5-10-30-11-6-19)16-25-31-24-9-14-38-18-23(24)28(37)32-25/h1-6,10-11,21,23-25,31H,7-9,12-18H2,(H,32,37). The molecule has 3 fully saturated rings. The molecule has 2 amide bonds. The van der Waals surface area contributed by atoms with E-state index in [2.05, 4.69) is 20.5 Å². The maximum absolute atomic E-state index is 13.5. The van der Waals surface area contributed by atoms with Gasteiger partial charge in [-0.1, -0.05) is 0 Å². The smallest absolute Gasteiger partial charge is 0.237 e. The van der Waals surface area contributed by atoms with Crippen LogP contribution in [0.3, 0.4) is 0 Å². The number of likely N-dealkylation sites (tertiary alicyclic amines) is 1. The zero-order valence-electron chi connectivity index (χ0n) is 21.4. The van der Waals surface area contributed by atoms with Crippen molar-refractivity contribution in [2.75, 3.05) is 39.4 Å². The Balaban J connectivity index is 1.19. The van der Waals surface area contributed by atoms with Crippen molar-refractivity contribution in [2.45, 2.75) is 38.0 Å². The lowest BCUT2D eigenvalue weighted by molar-refractivity contribution is -0.139. The molecule has 0 spiro atoms. The SMILES string of the molecule is O=C(c1ccc(F)cc1)C1CCN(CC(=O)N(Cc2ccncc2)CC2NC(=O)C3COCCC3N2)CC1. The van der Waals surface area contributed by atoms with E-state index in [1.165, 1.54) is 24.3 Å². The van der Waals surface area contributed by atoms with Crippen molar-refractivity contribution >= 4 is 17.6 Å². The first-order valence-corrected chi connectivity index (χ1v) is 13.3. The molecule has 1 aromatic heterocycles. The summed E-state index contributed by atoms with van der Waals surface area (Å²) in [5.74, 6) is -0.738.